The fraction of sp³-hybridized carbons (Fsp3) is 0.0667. The van der Waals surface area contributed by atoms with E-state index in [0.717, 1.165) is 4.47 Å². The second-order valence-electron chi connectivity index (χ2n) is 4.32. The van der Waals surface area contributed by atoms with Gasteiger partial charge in [-0.05, 0) is 30.3 Å². The molecule has 0 radical (unpaired) electrons. The van der Waals surface area contributed by atoms with Crippen molar-refractivity contribution in [3.05, 3.63) is 63.6 Å². The third-order valence-electron chi connectivity index (χ3n) is 2.59. The number of hydrogen-bond acceptors (Lipinski definition) is 3. The molecule has 0 spiro atoms. The van der Waals surface area contributed by atoms with Gasteiger partial charge in [0, 0.05) is 20.7 Å². The minimum Gasteiger partial charge on any atom is -0.384 e. The molecule has 7 heteroatoms. The first kappa shape index (κ1) is 16.3. The number of amides is 1. The molecule has 0 aliphatic carbocycles. The van der Waals surface area contributed by atoms with E-state index >= 15 is 0 Å². The third-order valence-corrected chi connectivity index (χ3v) is 3.32. The molecule has 3 N–H and O–H groups in total. The molecular formula is C15H13BrClN3O2. The van der Waals surface area contributed by atoms with Gasteiger partial charge in [-0.2, -0.15) is 0 Å². The lowest BCUT2D eigenvalue weighted by atomic mass is 10.2. The fourth-order valence-corrected chi connectivity index (χ4v) is 2.21. The molecule has 0 aliphatic rings. The molecule has 0 heterocycles. The standard InChI is InChI=1S/C15H13BrClN3O2/c16-11-4-2-6-13(8-11)19-14(21)9-22-20-15(18)10-3-1-5-12(17)7-10/h1-8H,9H2,(H2,18,20)(H,19,21). The van der Waals surface area contributed by atoms with E-state index in [-0.39, 0.29) is 18.3 Å². The average molecular weight is 383 g/mol. The maximum absolute atomic E-state index is 11.7. The molecule has 22 heavy (non-hydrogen) atoms. The lowest BCUT2D eigenvalue weighted by Crippen LogP contribution is -2.19. The van der Waals surface area contributed by atoms with Crippen LogP contribution in [0, 0.1) is 0 Å². The maximum atomic E-state index is 11.7. The van der Waals surface area contributed by atoms with Crippen LogP contribution in [0.4, 0.5) is 5.69 Å². The molecule has 0 atom stereocenters. The molecule has 114 valence electrons. The Hall–Kier alpha value is -2.05. The van der Waals surface area contributed by atoms with Gasteiger partial charge in [-0.1, -0.05) is 50.9 Å². The minimum atomic E-state index is -0.333. The maximum Gasteiger partial charge on any atom is 0.265 e. The predicted octanol–water partition coefficient (Wildman–Crippen LogP) is 3.38. The Labute approximate surface area is 141 Å². The molecule has 0 saturated carbocycles. The summed E-state index contributed by atoms with van der Waals surface area (Å²) >= 11 is 9.18. The Bertz CT molecular complexity index is 707. The van der Waals surface area contributed by atoms with Crippen LogP contribution in [0.25, 0.3) is 0 Å². The van der Waals surface area contributed by atoms with Crippen molar-refractivity contribution in [1.29, 1.82) is 0 Å². The highest BCUT2D eigenvalue weighted by Crippen LogP contribution is 2.15. The van der Waals surface area contributed by atoms with Crippen LogP contribution < -0.4 is 11.1 Å². The van der Waals surface area contributed by atoms with Crippen molar-refractivity contribution in [2.24, 2.45) is 10.9 Å². The fourth-order valence-electron chi connectivity index (χ4n) is 1.62. The zero-order chi connectivity index (χ0) is 15.9. The summed E-state index contributed by atoms with van der Waals surface area (Å²) in [6.07, 6.45) is 0. The number of nitrogens with one attached hydrogen (secondary N) is 1. The van der Waals surface area contributed by atoms with Crippen LogP contribution in [0.1, 0.15) is 5.56 Å². The van der Waals surface area contributed by atoms with E-state index in [0.29, 0.717) is 16.3 Å². The molecule has 2 aromatic carbocycles. The highest BCUT2D eigenvalue weighted by molar-refractivity contribution is 9.10. The number of rotatable bonds is 5. The topological polar surface area (TPSA) is 76.7 Å². The van der Waals surface area contributed by atoms with Gasteiger partial charge in [-0.25, -0.2) is 0 Å². The minimum absolute atomic E-state index is 0.151. The van der Waals surface area contributed by atoms with E-state index in [2.05, 4.69) is 26.4 Å². The number of nitrogens with two attached hydrogens (primary N) is 1. The van der Waals surface area contributed by atoms with Gasteiger partial charge >= 0.3 is 0 Å². The van der Waals surface area contributed by atoms with Gasteiger partial charge in [0.1, 0.15) is 0 Å². The van der Waals surface area contributed by atoms with Crippen molar-refractivity contribution in [2.75, 3.05) is 11.9 Å². The number of carbonyl (C=O) groups is 1. The lowest BCUT2D eigenvalue weighted by Gasteiger charge is -2.05. The number of benzene rings is 2. The van der Waals surface area contributed by atoms with Gasteiger partial charge < -0.3 is 15.9 Å². The van der Waals surface area contributed by atoms with Gasteiger partial charge in [0.05, 0.1) is 0 Å². The summed E-state index contributed by atoms with van der Waals surface area (Å²) in [6, 6.07) is 14.1. The van der Waals surface area contributed by atoms with Crippen LogP contribution in [-0.2, 0) is 9.63 Å². The zero-order valence-electron chi connectivity index (χ0n) is 11.4. The average Bonchev–Trinajstić information content (AvgIpc) is 2.47. The van der Waals surface area contributed by atoms with Gasteiger partial charge in [0.2, 0.25) is 0 Å². The Kier molecular flexibility index (Phi) is 5.80. The van der Waals surface area contributed by atoms with E-state index in [9.17, 15) is 4.79 Å². The van der Waals surface area contributed by atoms with Crippen molar-refractivity contribution in [3.8, 4) is 0 Å². The van der Waals surface area contributed by atoms with Gasteiger partial charge in [0.25, 0.3) is 5.91 Å². The second kappa shape index (κ2) is 7.82. The molecule has 0 aliphatic heterocycles. The van der Waals surface area contributed by atoms with E-state index in [1.165, 1.54) is 0 Å². The number of hydrogen-bond donors (Lipinski definition) is 2. The summed E-state index contributed by atoms with van der Waals surface area (Å²) in [5, 5.41) is 6.93. The van der Waals surface area contributed by atoms with E-state index < -0.39 is 0 Å². The number of oxime groups is 1. The summed E-state index contributed by atoms with van der Waals surface area (Å²) in [5.74, 6) is -0.182. The normalized spacial score (nSPS) is 11.1. The molecular weight excluding hydrogens is 370 g/mol. The van der Waals surface area contributed by atoms with E-state index in [4.69, 9.17) is 22.2 Å². The SMILES string of the molecule is N/C(=N\OCC(=O)Nc1cccc(Br)c1)c1cccc(Cl)c1. The smallest absolute Gasteiger partial charge is 0.265 e. The van der Waals surface area contributed by atoms with Gasteiger partial charge in [-0.3, -0.25) is 4.79 Å². The first-order valence-corrected chi connectivity index (χ1v) is 7.48. The van der Waals surface area contributed by atoms with Crippen molar-refractivity contribution >= 4 is 45.0 Å². The van der Waals surface area contributed by atoms with Crippen molar-refractivity contribution in [2.45, 2.75) is 0 Å². The second-order valence-corrected chi connectivity index (χ2v) is 5.67. The van der Waals surface area contributed by atoms with Crippen molar-refractivity contribution < 1.29 is 9.63 Å². The Morgan fingerprint density at radius 2 is 2.05 bits per heavy atom. The van der Waals surface area contributed by atoms with Crippen LogP contribution in [0.2, 0.25) is 5.02 Å². The summed E-state index contributed by atoms with van der Waals surface area (Å²) in [5.41, 5.74) is 7.04. The molecule has 2 rings (SSSR count). The zero-order valence-corrected chi connectivity index (χ0v) is 13.8. The molecule has 0 aromatic heterocycles. The van der Waals surface area contributed by atoms with E-state index in [1.54, 1.807) is 36.4 Å². The summed E-state index contributed by atoms with van der Waals surface area (Å²) in [7, 11) is 0. The van der Waals surface area contributed by atoms with Gasteiger partial charge in [-0.15, -0.1) is 0 Å². The number of carbonyl (C=O) groups excluding carboxylic acids is 1. The Balaban J connectivity index is 1.87. The van der Waals surface area contributed by atoms with Crippen LogP contribution >= 0.6 is 27.5 Å². The molecule has 0 unspecified atom stereocenters. The molecule has 0 saturated heterocycles. The Morgan fingerprint density at radius 1 is 1.27 bits per heavy atom. The first-order chi connectivity index (χ1) is 10.5. The molecule has 2 aromatic rings. The first-order valence-electron chi connectivity index (χ1n) is 6.31. The Morgan fingerprint density at radius 3 is 2.77 bits per heavy atom. The number of amidine groups is 1. The van der Waals surface area contributed by atoms with Crippen LogP contribution in [-0.4, -0.2) is 18.3 Å². The largest absolute Gasteiger partial charge is 0.384 e. The van der Waals surface area contributed by atoms with Crippen molar-refractivity contribution in [3.63, 3.8) is 0 Å². The quantitative estimate of drug-likeness (QED) is 0.473. The van der Waals surface area contributed by atoms with Crippen LogP contribution in [0.5, 0.6) is 0 Å². The third kappa shape index (κ3) is 5.05. The summed E-state index contributed by atoms with van der Waals surface area (Å²) in [4.78, 5) is 16.7. The predicted molar refractivity (Wildman–Crippen MR) is 90.9 cm³/mol. The van der Waals surface area contributed by atoms with E-state index in [1.807, 2.05) is 12.1 Å². The monoisotopic (exact) mass is 381 g/mol. The van der Waals surface area contributed by atoms with Gasteiger partial charge in [0.15, 0.2) is 12.4 Å². The molecule has 5 nitrogen and oxygen atoms in total. The lowest BCUT2D eigenvalue weighted by molar-refractivity contribution is -0.120. The highest BCUT2D eigenvalue weighted by atomic mass is 79.9. The number of halogens is 2. The summed E-state index contributed by atoms with van der Waals surface area (Å²) in [6.45, 7) is -0.242. The molecule has 1 amide bonds. The number of anilines is 1. The molecule has 0 fully saturated rings. The van der Waals surface area contributed by atoms with Crippen LogP contribution in [0.3, 0.4) is 0 Å². The highest BCUT2D eigenvalue weighted by Gasteiger charge is 2.04. The van der Waals surface area contributed by atoms with Crippen molar-refractivity contribution in [1.82, 2.24) is 0 Å². The molecule has 0 bridgehead atoms. The van der Waals surface area contributed by atoms with Crippen LogP contribution in [0.15, 0.2) is 58.2 Å². The number of nitrogens with zero attached hydrogens (tertiary/aromatic N) is 1. The summed E-state index contributed by atoms with van der Waals surface area (Å²) < 4.78 is 0.870.